The van der Waals surface area contributed by atoms with Gasteiger partial charge in [-0.2, -0.15) is 5.10 Å². The van der Waals surface area contributed by atoms with Crippen molar-refractivity contribution in [2.75, 3.05) is 7.11 Å². The molecule has 2 N–H and O–H groups in total. The Kier molecular flexibility index (Phi) is 4.88. The standard InChI is InChI=1S/C15H13N3O5/c1-23-14-8-13(19)7-4-11(14)9-16-17-15(20)10-2-5-12(6-3-10)18(21)22/h2-9,19H,1H3,(H,17,20)/b16-9-. The number of benzene rings is 2. The van der Waals surface area contributed by atoms with Crippen molar-refractivity contribution in [2.24, 2.45) is 5.10 Å². The number of hydrogen-bond donors (Lipinski definition) is 2. The van der Waals surface area contributed by atoms with E-state index < -0.39 is 10.8 Å². The van der Waals surface area contributed by atoms with Gasteiger partial charge in [0.15, 0.2) is 0 Å². The fraction of sp³-hybridized carbons (Fsp3) is 0.0667. The number of phenolic OH excluding ortho intramolecular Hbond substituents is 1. The molecule has 0 atom stereocenters. The summed E-state index contributed by atoms with van der Waals surface area (Å²) in [5, 5.41) is 23.7. The second kappa shape index (κ2) is 7.03. The van der Waals surface area contributed by atoms with Crippen LogP contribution in [-0.2, 0) is 0 Å². The Morgan fingerprint density at radius 2 is 2.00 bits per heavy atom. The quantitative estimate of drug-likeness (QED) is 0.498. The highest BCUT2D eigenvalue weighted by molar-refractivity contribution is 5.95. The van der Waals surface area contributed by atoms with E-state index in [9.17, 15) is 20.0 Å². The first-order chi connectivity index (χ1) is 11.0. The number of amides is 1. The number of phenols is 1. The van der Waals surface area contributed by atoms with Crippen molar-refractivity contribution < 1.29 is 19.6 Å². The molecular formula is C15H13N3O5. The Hall–Kier alpha value is -3.42. The lowest BCUT2D eigenvalue weighted by Crippen LogP contribution is -2.17. The topological polar surface area (TPSA) is 114 Å². The lowest BCUT2D eigenvalue weighted by Gasteiger charge is -2.04. The number of rotatable bonds is 5. The van der Waals surface area contributed by atoms with Crippen molar-refractivity contribution in [3.05, 3.63) is 63.7 Å². The first kappa shape index (κ1) is 16.0. The van der Waals surface area contributed by atoms with Crippen molar-refractivity contribution in [2.45, 2.75) is 0 Å². The second-order valence-electron chi connectivity index (χ2n) is 4.43. The van der Waals surface area contributed by atoms with Crippen LogP contribution < -0.4 is 10.2 Å². The molecule has 2 aromatic carbocycles. The Labute approximate surface area is 131 Å². The summed E-state index contributed by atoms with van der Waals surface area (Å²) >= 11 is 0. The number of non-ortho nitro benzene ring substituents is 1. The molecule has 0 saturated heterocycles. The largest absolute Gasteiger partial charge is 0.508 e. The molecule has 0 unspecified atom stereocenters. The van der Waals surface area contributed by atoms with Crippen LogP contribution in [0.15, 0.2) is 47.6 Å². The molecule has 0 bridgehead atoms. The summed E-state index contributed by atoms with van der Waals surface area (Å²) in [7, 11) is 1.45. The monoisotopic (exact) mass is 315 g/mol. The normalized spacial score (nSPS) is 10.5. The van der Waals surface area contributed by atoms with Crippen LogP contribution in [0.4, 0.5) is 5.69 Å². The number of methoxy groups -OCH3 is 1. The van der Waals surface area contributed by atoms with Crippen LogP contribution in [0.25, 0.3) is 0 Å². The van der Waals surface area contributed by atoms with Crippen LogP contribution in [0, 0.1) is 10.1 Å². The van der Waals surface area contributed by atoms with Crippen LogP contribution >= 0.6 is 0 Å². The summed E-state index contributed by atoms with van der Waals surface area (Å²) < 4.78 is 5.08. The molecule has 0 aliphatic rings. The number of nitrogens with one attached hydrogen (secondary N) is 1. The molecule has 2 aromatic rings. The number of hydrogen-bond acceptors (Lipinski definition) is 6. The first-order valence-corrected chi connectivity index (χ1v) is 6.46. The lowest BCUT2D eigenvalue weighted by molar-refractivity contribution is -0.384. The number of hydrazone groups is 1. The summed E-state index contributed by atoms with van der Waals surface area (Å²) in [6.07, 6.45) is 1.36. The average molecular weight is 315 g/mol. The van der Waals surface area contributed by atoms with Gasteiger partial charge in [0.1, 0.15) is 11.5 Å². The molecular weight excluding hydrogens is 302 g/mol. The van der Waals surface area contributed by atoms with E-state index in [0.717, 1.165) is 0 Å². The number of nitro groups is 1. The highest BCUT2D eigenvalue weighted by Gasteiger charge is 2.08. The lowest BCUT2D eigenvalue weighted by atomic mass is 10.2. The minimum Gasteiger partial charge on any atom is -0.508 e. The van der Waals surface area contributed by atoms with Gasteiger partial charge >= 0.3 is 0 Å². The summed E-state index contributed by atoms with van der Waals surface area (Å²) in [5.41, 5.74) is 3.01. The van der Waals surface area contributed by atoms with Crippen molar-refractivity contribution in [1.82, 2.24) is 5.43 Å². The molecule has 0 aliphatic carbocycles. The second-order valence-corrected chi connectivity index (χ2v) is 4.43. The summed E-state index contributed by atoms with van der Waals surface area (Å²) in [5.74, 6) is -0.0545. The molecule has 8 nitrogen and oxygen atoms in total. The Morgan fingerprint density at radius 1 is 1.30 bits per heavy atom. The maximum absolute atomic E-state index is 11.9. The molecule has 0 spiro atoms. The molecule has 0 heterocycles. The molecule has 0 radical (unpaired) electrons. The Bertz CT molecular complexity index is 756. The van der Waals surface area contributed by atoms with E-state index in [1.807, 2.05) is 0 Å². The van der Waals surface area contributed by atoms with Crippen LogP contribution in [0.5, 0.6) is 11.5 Å². The minimum absolute atomic E-state index is 0.0499. The number of carbonyl (C=O) groups is 1. The van der Waals surface area contributed by atoms with Crippen molar-refractivity contribution in [3.63, 3.8) is 0 Å². The van der Waals surface area contributed by atoms with E-state index in [2.05, 4.69) is 10.5 Å². The summed E-state index contributed by atoms with van der Waals surface area (Å²) in [6.45, 7) is 0. The van der Waals surface area contributed by atoms with Gasteiger partial charge in [0.05, 0.1) is 18.2 Å². The SMILES string of the molecule is COc1cc(O)ccc1/C=N\NC(=O)c1ccc([N+](=O)[O-])cc1. The van der Waals surface area contributed by atoms with E-state index in [1.54, 1.807) is 6.07 Å². The number of nitrogens with zero attached hydrogens (tertiary/aromatic N) is 2. The van der Waals surface area contributed by atoms with Gasteiger partial charge in [0.25, 0.3) is 11.6 Å². The predicted molar refractivity (Wildman–Crippen MR) is 82.8 cm³/mol. The van der Waals surface area contributed by atoms with Crippen molar-refractivity contribution in [3.8, 4) is 11.5 Å². The van der Waals surface area contributed by atoms with Crippen molar-refractivity contribution in [1.29, 1.82) is 0 Å². The maximum Gasteiger partial charge on any atom is 0.271 e. The van der Waals surface area contributed by atoms with E-state index in [1.165, 1.54) is 49.7 Å². The summed E-state index contributed by atoms with van der Waals surface area (Å²) in [4.78, 5) is 21.9. The van der Waals surface area contributed by atoms with Crippen molar-refractivity contribution >= 4 is 17.8 Å². The first-order valence-electron chi connectivity index (χ1n) is 6.46. The van der Waals surface area contributed by atoms with Gasteiger partial charge in [-0.25, -0.2) is 5.43 Å². The molecule has 0 fully saturated rings. The predicted octanol–water partition coefficient (Wildman–Crippen LogP) is 2.07. The molecule has 23 heavy (non-hydrogen) atoms. The van der Waals surface area contributed by atoms with Gasteiger partial charge < -0.3 is 9.84 Å². The third kappa shape index (κ3) is 4.03. The van der Waals surface area contributed by atoms with Gasteiger partial charge in [-0.05, 0) is 24.3 Å². The summed E-state index contributed by atoms with van der Waals surface area (Å²) in [6, 6.07) is 9.61. The van der Waals surface area contributed by atoms with E-state index in [0.29, 0.717) is 11.3 Å². The maximum atomic E-state index is 11.9. The van der Waals surface area contributed by atoms with Gasteiger partial charge in [-0.3, -0.25) is 14.9 Å². The van der Waals surface area contributed by atoms with Gasteiger partial charge in [0, 0.05) is 29.3 Å². The minimum atomic E-state index is -0.545. The number of carbonyl (C=O) groups excluding carboxylic acids is 1. The highest BCUT2D eigenvalue weighted by Crippen LogP contribution is 2.22. The van der Waals surface area contributed by atoms with Gasteiger partial charge in [0.2, 0.25) is 0 Å². The van der Waals surface area contributed by atoms with E-state index >= 15 is 0 Å². The van der Waals surface area contributed by atoms with E-state index in [4.69, 9.17) is 4.74 Å². The van der Waals surface area contributed by atoms with Gasteiger partial charge in [-0.1, -0.05) is 0 Å². The number of nitro benzene ring substituents is 1. The number of ether oxygens (including phenoxy) is 1. The fourth-order valence-corrected chi connectivity index (χ4v) is 1.77. The molecule has 8 heteroatoms. The Balaban J connectivity index is 2.05. The fourth-order valence-electron chi connectivity index (χ4n) is 1.77. The molecule has 2 rings (SSSR count). The van der Waals surface area contributed by atoms with Crippen LogP contribution in [0.2, 0.25) is 0 Å². The van der Waals surface area contributed by atoms with Crippen LogP contribution in [-0.4, -0.2) is 29.3 Å². The van der Waals surface area contributed by atoms with E-state index in [-0.39, 0.29) is 17.0 Å². The third-order valence-electron chi connectivity index (χ3n) is 2.93. The zero-order chi connectivity index (χ0) is 16.8. The molecule has 0 aromatic heterocycles. The average Bonchev–Trinajstić information content (AvgIpc) is 2.56. The molecule has 1 amide bonds. The van der Waals surface area contributed by atoms with Crippen LogP contribution in [0.3, 0.4) is 0 Å². The van der Waals surface area contributed by atoms with Gasteiger partial charge in [-0.15, -0.1) is 0 Å². The number of aromatic hydroxyl groups is 1. The Morgan fingerprint density at radius 3 is 2.61 bits per heavy atom. The zero-order valence-corrected chi connectivity index (χ0v) is 12.1. The van der Waals surface area contributed by atoms with Crippen LogP contribution in [0.1, 0.15) is 15.9 Å². The smallest absolute Gasteiger partial charge is 0.271 e. The third-order valence-corrected chi connectivity index (χ3v) is 2.93. The zero-order valence-electron chi connectivity index (χ0n) is 12.1. The highest BCUT2D eigenvalue weighted by atomic mass is 16.6. The molecule has 118 valence electrons. The molecule has 0 saturated carbocycles. The molecule has 0 aliphatic heterocycles.